The number of aryl methyl sites for hydroxylation is 2. The Morgan fingerprint density at radius 3 is 2.65 bits per heavy atom. The van der Waals surface area contributed by atoms with Crippen molar-refractivity contribution in [2.45, 2.75) is 31.3 Å². The van der Waals surface area contributed by atoms with Crippen molar-refractivity contribution in [2.75, 3.05) is 9.91 Å². The van der Waals surface area contributed by atoms with E-state index in [1.807, 2.05) is 18.2 Å². The highest BCUT2D eigenvalue weighted by molar-refractivity contribution is 6.31. The Morgan fingerprint density at radius 2 is 1.81 bits per heavy atom. The molecule has 26 heavy (non-hydrogen) atoms. The Morgan fingerprint density at radius 1 is 0.962 bits per heavy atom. The van der Waals surface area contributed by atoms with E-state index in [0.717, 1.165) is 19.3 Å². The van der Waals surface area contributed by atoms with Crippen LogP contribution in [0.15, 0.2) is 52.8 Å². The van der Waals surface area contributed by atoms with Crippen LogP contribution in [0, 0.1) is 0 Å². The minimum absolute atomic E-state index is 0.303. The van der Waals surface area contributed by atoms with Crippen LogP contribution >= 0.6 is 11.6 Å². The monoisotopic (exact) mass is 366 g/mol. The van der Waals surface area contributed by atoms with Crippen LogP contribution < -0.4 is 9.91 Å². The van der Waals surface area contributed by atoms with E-state index in [1.54, 1.807) is 24.3 Å². The molecular formula is C19H15ClN4O2. The molecule has 3 aliphatic rings. The fourth-order valence-corrected chi connectivity index (χ4v) is 4.13. The van der Waals surface area contributed by atoms with Crippen molar-refractivity contribution in [3.63, 3.8) is 0 Å². The van der Waals surface area contributed by atoms with Crippen LogP contribution in [0.3, 0.4) is 0 Å². The first kappa shape index (κ1) is 15.5. The zero-order chi connectivity index (χ0) is 17.8. The third-order valence-electron chi connectivity index (χ3n) is 5.19. The molecule has 2 amide bonds. The van der Waals surface area contributed by atoms with Crippen molar-refractivity contribution >= 4 is 34.8 Å². The standard InChI is InChI=1S/C19H15ClN4O2/c20-13-5-2-6-15(10-13)24-17-16(21-22-24)18(25)23(19(17)26)14-8-7-11-3-1-4-12(11)9-14/h2,5-10,16-17H,1,3-4H2/t16-,17-/m1/s1. The summed E-state index contributed by atoms with van der Waals surface area (Å²) in [5.74, 6) is -0.630. The van der Waals surface area contributed by atoms with Gasteiger partial charge >= 0.3 is 0 Å². The lowest BCUT2D eigenvalue weighted by Crippen LogP contribution is -2.39. The molecule has 2 aromatic carbocycles. The molecule has 2 heterocycles. The van der Waals surface area contributed by atoms with Crippen molar-refractivity contribution < 1.29 is 9.59 Å². The molecule has 2 aromatic rings. The van der Waals surface area contributed by atoms with E-state index in [4.69, 9.17) is 11.6 Å². The van der Waals surface area contributed by atoms with Crippen LogP contribution in [0.25, 0.3) is 0 Å². The number of halogens is 1. The fraction of sp³-hybridized carbons (Fsp3) is 0.263. The number of carbonyl (C=O) groups excluding carboxylic acids is 2. The van der Waals surface area contributed by atoms with Gasteiger partial charge in [-0.25, -0.2) is 9.91 Å². The minimum Gasteiger partial charge on any atom is -0.271 e. The van der Waals surface area contributed by atoms with Gasteiger partial charge < -0.3 is 0 Å². The van der Waals surface area contributed by atoms with Crippen molar-refractivity contribution in [1.82, 2.24) is 0 Å². The van der Waals surface area contributed by atoms with E-state index in [9.17, 15) is 9.59 Å². The molecule has 1 fully saturated rings. The lowest BCUT2D eigenvalue weighted by molar-refractivity contribution is -0.121. The fourth-order valence-electron chi connectivity index (χ4n) is 3.94. The summed E-state index contributed by atoms with van der Waals surface area (Å²) >= 11 is 6.05. The van der Waals surface area contributed by atoms with Gasteiger partial charge in [0.1, 0.15) is 0 Å². The first-order valence-corrected chi connectivity index (χ1v) is 8.96. The number of nitrogens with zero attached hydrogens (tertiary/aromatic N) is 4. The molecule has 1 aliphatic carbocycles. The van der Waals surface area contributed by atoms with Gasteiger partial charge in [-0.3, -0.25) is 9.59 Å². The molecule has 130 valence electrons. The molecule has 5 rings (SSSR count). The molecule has 0 radical (unpaired) electrons. The summed E-state index contributed by atoms with van der Waals surface area (Å²) in [4.78, 5) is 27.2. The van der Waals surface area contributed by atoms with Gasteiger partial charge in [0.05, 0.1) is 11.4 Å². The summed E-state index contributed by atoms with van der Waals surface area (Å²) < 4.78 is 0. The average molecular weight is 367 g/mol. The molecule has 0 aromatic heterocycles. The van der Waals surface area contributed by atoms with E-state index >= 15 is 0 Å². The van der Waals surface area contributed by atoms with Crippen LogP contribution in [-0.2, 0) is 22.4 Å². The first-order valence-electron chi connectivity index (χ1n) is 8.59. The summed E-state index contributed by atoms with van der Waals surface area (Å²) in [5, 5.41) is 10.1. The average Bonchev–Trinajstić information content (AvgIpc) is 3.32. The molecule has 0 bridgehead atoms. The number of amides is 2. The van der Waals surface area contributed by atoms with Crippen molar-refractivity contribution in [2.24, 2.45) is 10.3 Å². The molecule has 0 N–H and O–H groups in total. The molecule has 2 atom stereocenters. The molecule has 0 saturated carbocycles. The molecule has 0 spiro atoms. The summed E-state index contributed by atoms with van der Waals surface area (Å²) in [7, 11) is 0. The normalized spacial score (nSPS) is 23.7. The summed E-state index contributed by atoms with van der Waals surface area (Å²) in [5.41, 5.74) is 3.78. The topological polar surface area (TPSA) is 65.3 Å². The van der Waals surface area contributed by atoms with Crippen LogP contribution in [-0.4, -0.2) is 23.9 Å². The van der Waals surface area contributed by atoms with Crippen LogP contribution in [0.1, 0.15) is 17.5 Å². The third-order valence-corrected chi connectivity index (χ3v) is 5.43. The number of anilines is 2. The maximum absolute atomic E-state index is 13.1. The molecule has 1 saturated heterocycles. The van der Waals surface area contributed by atoms with Crippen molar-refractivity contribution in [3.8, 4) is 0 Å². The molecule has 7 heteroatoms. The van der Waals surface area contributed by atoms with E-state index in [0.29, 0.717) is 16.4 Å². The van der Waals surface area contributed by atoms with Gasteiger partial charge in [-0.1, -0.05) is 29.0 Å². The molecule has 6 nitrogen and oxygen atoms in total. The summed E-state index contributed by atoms with van der Waals surface area (Å²) in [6.07, 6.45) is 3.16. The molecule has 2 aliphatic heterocycles. The van der Waals surface area contributed by atoms with Gasteiger partial charge in [0.15, 0.2) is 12.1 Å². The number of hydrogen-bond acceptors (Lipinski definition) is 5. The number of fused-ring (bicyclic) bond motifs is 2. The lowest BCUT2D eigenvalue weighted by atomic mass is 10.1. The number of rotatable bonds is 2. The quantitative estimate of drug-likeness (QED) is 0.766. The predicted octanol–water partition coefficient (Wildman–Crippen LogP) is 3.33. The van der Waals surface area contributed by atoms with Gasteiger partial charge in [-0.15, -0.1) is 0 Å². The Hall–Kier alpha value is -2.73. The van der Waals surface area contributed by atoms with Gasteiger partial charge in [0.2, 0.25) is 0 Å². The number of carbonyl (C=O) groups is 2. The zero-order valence-electron chi connectivity index (χ0n) is 13.8. The SMILES string of the molecule is O=C1[C@@H]2N=NN(c3cccc(Cl)c3)[C@H]2C(=O)N1c1ccc2c(c1)CCC2. The summed E-state index contributed by atoms with van der Waals surface area (Å²) in [6.45, 7) is 0. The zero-order valence-corrected chi connectivity index (χ0v) is 14.6. The molecular weight excluding hydrogens is 352 g/mol. The maximum atomic E-state index is 13.1. The van der Waals surface area contributed by atoms with Gasteiger partial charge in [0, 0.05) is 5.02 Å². The second-order valence-corrected chi connectivity index (χ2v) is 7.17. The van der Waals surface area contributed by atoms with Crippen molar-refractivity contribution in [1.29, 1.82) is 0 Å². The Bertz CT molecular complexity index is 974. The van der Waals surface area contributed by atoms with E-state index < -0.39 is 12.1 Å². The maximum Gasteiger partial charge on any atom is 0.263 e. The highest BCUT2D eigenvalue weighted by Crippen LogP contribution is 2.36. The number of benzene rings is 2. The predicted molar refractivity (Wildman–Crippen MR) is 97.3 cm³/mol. The van der Waals surface area contributed by atoms with Crippen LogP contribution in [0.2, 0.25) is 5.02 Å². The van der Waals surface area contributed by atoms with Gasteiger partial charge in [0.25, 0.3) is 11.8 Å². The van der Waals surface area contributed by atoms with E-state index in [-0.39, 0.29) is 11.8 Å². The Kier molecular flexibility index (Phi) is 3.37. The molecule has 0 unspecified atom stereocenters. The smallest absolute Gasteiger partial charge is 0.263 e. The van der Waals surface area contributed by atoms with E-state index in [1.165, 1.54) is 21.0 Å². The minimum atomic E-state index is -0.810. The highest BCUT2D eigenvalue weighted by atomic mass is 35.5. The van der Waals surface area contributed by atoms with Crippen LogP contribution in [0.4, 0.5) is 11.4 Å². The second kappa shape index (κ2) is 5.64. The largest absolute Gasteiger partial charge is 0.271 e. The van der Waals surface area contributed by atoms with Gasteiger partial charge in [-0.05, 0) is 60.7 Å². The number of hydrogen-bond donors (Lipinski definition) is 0. The van der Waals surface area contributed by atoms with E-state index in [2.05, 4.69) is 10.3 Å². The third kappa shape index (κ3) is 2.18. The highest BCUT2D eigenvalue weighted by Gasteiger charge is 2.55. The number of imide groups is 1. The summed E-state index contributed by atoms with van der Waals surface area (Å²) in [6, 6.07) is 11.3. The first-order chi connectivity index (χ1) is 12.6. The lowest BCUT2D eigenvalue weighted by Gasteiger charge is -2.21. The second-order valence-electron chi connectivity index (χ2n) is 6.74. The Balaban J connectivity index is 1.51. The Labute approximate surface area is 155 Å². The van der Waals surface area contributed by atoms with Crippen molar-refractivity contribution in [3.05, 3.63) is 58.6 Å². The van der Waals surface area contributed by atoms with Crippen LogP contribution in [0.5, 0.6) is 0 Å². The van der Waals surface area contributed by atoms with Gasteiger partial charge in [-0.2, -0.15) is 5.11 Å².